The molecule has 1 fully saturated rings. The monoisotopic (exact) mass is 329 g/mol. The number of ether oxygens (including phenoxy) is 1. The summed E-state index contributed by atoms with van der Waals surface area (Å²) in [6.45, 7) is 6.91. The van der Waals surface area contributed by atoms with E-state index in [1.54, 1.807) is 4.68 Å². The molecule has 0 aliphatic carbocycles. The van der Waals surface area contributed by atoms with Crippen molar-refractivity contribution >= 4 is 5.91 Å². The number of carbonyl (C=O) groups excluding carboxylic acids is 1. The summed E-state index contributed by atoms with van der Waals surface area (Å²) in [6.07, 6.45) is 2.16. The van der Waals surface area contributed by atoms with Crippen molar-refractivity contribution in [3.05, 3.63) is 35.7 Å². The molecule has 0 spiro atoms. The van der Waals surface area contributed by atoms with Crippen LogP contribution in [-0.2, 0) is 13.2 Å². The van der Waals surface area contributed by atoms with Gasteiger partial charge in [0, 0.05) is 25.2 Å². The fourth-order valence-electron chi connectivity index (χ4n) is 2.81. The molecule has 1 aliphatic heterocycles. The number of aromatic nitrogens is 4. The van der Waals surface area contributed by atoms with Crippen molar-refractivity contribution in [1.29, 1.82) is 0 Å². The van der Waals surface area contributed by atoms with Crippen LogP contribution in [0, 0.1) is 5.92 Å². The highest BCUT2D eigenvalue weighted by Gasteiger charge is 2.21. The van der Waals surface area contributed by atoms with Gasteiger partial charge in [-0.15, -0.1) is 5.10 Å². The molecule has 0 saturated carbocycles. The fraction of sp³-hybridized carbons (Fsp3) is 0.529. The molecule has 1 saturated heterocycles. The third kappa shape index (κ3) is 3.72. The zero-order chi connectivity index (χ0) is 16.9. The van der Waals surface area contributed by atoms with Gasteiger partial charge in [-0.1, -0.05) is 6.92 Å². The Morgan fingerprint density at radius 3 is 2.62 bits per heavy atom. The van der Waals surface area contributed by atoms with Crippen molar-refractivity contribution in [2.45, 2.75) is 39.8 Å². The van der Waals surface area contributed by atoms with E-state index in [-0.39, 0.29) is 5.91 Å². The number of hydrogen-bond acceptors (Lipinski definition) is 5. The minimum absolute atomic E-state index is 0.100. The quantitative estimate of drug-likeness (QED) is 0.840. The summed E-state index contributed by atoms with van der Waals surface area (Å²) in [5, 5.41) is 11.4. The number of aryl methyl sites for hydroxylation is 1. The molecule has 0 N–H and O–H groups in total. The van der Waals surface area contributed by atoms with Gasteiger partial charge in [-0.2, -0.15) is 0 Å². The number of benzene rings is 1. The maximum atomic E-state index is 12.5. The first-order chi connectivity index (χ1) is 11.7. The van der Waals surface area contributed by atoms with E-state index in [1.807, 2.05) is 36.1 Å². The summed E-state index contributed by atoms with van der Waals surface area (Å²) in [4.78, 5) is 14.4. The molecule has 128 valence electrons. The van der Waals surface area contributed by atoms with Crippen molar-refractivity contribution < 1.29 is 9.53 Å². The van der Waals surface area contributed by atoms with Crippen molar-refractivity contribution in [2.75, 3.05) is 13.1 Å². The lowest BCUT2D eigenvalue weighted by Gasteiger charge is -2.30. The van der Waals surface area contributed by atoms with E-state index in [1.165, 1.54) is 0 Å². The van der Waals surface area contributed by atoms with Crippen molar-refractivity contribution in [3.63, 3.8) is 0 Å². The first kappa shape index (κ1) is 16.4. The average Bonchev–Trinajstić information content (AvgIpc) is 3.08. The molecular weight excluding hydrogens is 306 g/mol. The van der Waals surface area contributed by atoms with Gasteiger partial charge in [0.1, 0.15) is 12.4 Å². The van der Waals surface area contributed by atoms with Gasteiger partial charge >= 0.3 is 0 Å². The molecule has 0 unspecified atom stereocenters. The van der Waals surface area contributed by atoms with E-state index < -0.39 is 0 Å². The molecule has 1 aromatic heterocycles. The molecule has 7 nitrogen and oxygen atoms in total. The van der Waals surface area contributed by atoms with Crippen LogP contribution < -0.4 is 4.74 Å². The van der Waals surface area contributed by atoms with E-state index in [0.717, 1.165) is 25.9 Å². The molecule has 0 radical (unpaired) electrons. The van der Waals surface area contributed by atoms with Crippen LogP contribution in [-0.4, -0.2) is 44.1 Å². The number of rotatable bonds is 5. The highest BCUT2D eigenvalue weighted by Crippen LogP contribution is 2.20. The Hall–Kier alpha value is -2.44. The SMILES string of the molecule is CCn1nnnc1COc1ccc(C(=O)N2CCC(C)CC2)cc1. The normalized spacial score (nSPS) is 15.5. The molecule has 24 heavy (non-hydrogen) atoms. The number of carbonyl (C=O) groups is 1. The van der Waals surface area contributed by atoms with E-state index in [9.17, 15) is 4.79 Å². The Morgan fingerprint density at radius 2 is 1.96 bits per heavy atom. The van der Waals surface area contributed by atoms with E-state index >= 15 is 0 Å². The second kappa shape index (κ2) is 7.42. The third-order valence-electron chi connectivity index (χ3n) is 4.45. The van der Waals surface area contributed by atoms with Gasteiger partial charge in [-0.05, 0) is 60.4 Å². The van der Waals surface area contributed by atoms with Crippen LogP contribution in [0.4, 0.5) is 0 Å². The van der Waals surface area contributed by atoms with Crippen LogP contribution >= 0.6 is 0 Å². The van der Waals surface area contributed by atoms with Gasteiger partial charge in [-0.25, -0.2) is 4.68 Å². The van der Waals surface area contributed by atoms with Crippen LogP contribution in [0.1, 0.15) is 42.9 Å². The Balaban J connectivity index is 1.58. The van der Waals surface area contributed by atoms with E-state index in [4.69, 9.17) is 4.74 Å². The summed E-state index contributed by atoms with van der Waals surface area (Å²) >= 11 is 0. The molecule has 7 heteroatoms. The van der Waals surface area contributed by atoms with E-state index in [0.29, 0.717) is 36.2 Å². The number of hydrogen-bond donors (Lipinski definition) is 0. The topological polar surface area (TPSA) is 73.1 Å². The van der Waals surface area contributed by atoms with Crippen LogP contribution in [0.3, 0.4) is 0 Å². The van der Waals surface area contributed by atoms with Crippen LogP contribution in [0.2, 0.25) is 0 Å². The summed E-state index contributed by atoms with van der Waals surface area (Å²) in [5.41, 5.74) is 0.704. The Bertz CT molecular complexity index is 675. The smallest absolute Gasteiger partial charge is 0.253 e. The van der Waals surface area contributed by atoms with Gasteiger partial charge in [-0.3, -0.25) is 4.79 Å². The van der Waals surface area contributed by atoms with E-state index in [2.05, 4.69) is 22.4 Å². The van der Waals surface area contributed by atoms with Crippen LogP contribution in [0.25, 0.3) is 0 Å². The second-order valence-electron chi connectivity index (χ2n) is 6.20. The largest absolute Gasteiger partial charge is 0.486 e. The summed E-state index contributed by atoms with van der Waals surface area (Å²) in [5.74, 6) is 2.19. The molecule has 3 rings (SSSR count). The predicted molar refractivity (Wildman–Crippen MR) is 88.6 cm³/mol. The molecule has 2 heterocycles. The van der Waals surface area contributed by atoms with Crippen LogP contribution in [0.5, 0.6) is 5.75 Å². The van der Waals surface area contributed by atoms with Crippen molar-refractivity contribution in [1.82, 2.24) is 25.1 Å². The zero-order valence-corrected chi connectivity index (χ0v) is 14.2. The highest BCUT2D eigenvalue weighted by atomic mass is 16.5. The van der Waals surface area contributed by atoms with Gasteiger partial charge in [0.05, 0.1) is 0 Å². The highest BCUT2D eigenvalue weighted by molar-refractivity contribution is 5.94. The number of nitrogens with zero attached hydrogens (tertiary/aromatic N) is 5. The number of likely N-dealkylation sites (tertiary alicyclic amines) is 1. The van der Waals surface area contributed by atoms with Gasteiger partial charge < -0.3 is 9.64 Å². The molecule has 1 aliphatic rings. The maximum Gasteiger partial charge on any atom is 0.253 e. The lowest BCUT2D eigenvalue weighted by molar-refractivity contribution is 0.0697. The van der Waals surface area contributed by atoms with Gasteiger partial charge in [0.15, 0.2) is 5.82 Å². The molecule has 0 atom stereocenters. The number of amides is 1. The Morgan fingerprint density at radius 1 is 1.25 bits per heavy atom. The Kier molecular flexibility index (Phi) is 5.08. The fourth-order valence-corrected chi connectivity index (χ4v) is 2.81. The first-order valence-corrected chi connectivity index (χ1v) is 8.44. The number of piperidine rings is 1. The molecule has 1 aromatic carbocycles. The predicted octanol–water partition coefficient (Wildman–Crippen LogP) is 2.14. The lowest BCUT2D eigenvalue weighted by atomic mass is 9.98. The average molecular weight is 329 g/mol. The standard InChI is InChI=1S/C17H23N5O2/c1-3-22-16(18-19-20-22)12-24-15-6-4-14(5-7-15)17(23)21-10-8-13(2)9-11-21/h4-7,13H,3,8-12H2,1-2H3. The summed E-state index contributed by atoms with van der Waals surface area (Å²) < 4.78 is 7.39. The van der Waals surface area contributed by atoms with Gasteiger partial charge in [0.2, 0.25) is 0 Å². The summed E-state index contributed by atoms with van der Waals surface area (Å²) in [7, 11) is 0. The first-order valence-electron chi connectivity index (χ1n) is 8.44. The molecule has 0 bridgehead atoms. The second-order valence-corrected chi connectivity index (χ2v) is 6.20. The van der Waals surface area contributed by atoms with Crippen molar-refractivity contribution in [3.8, 4) is 5.75 Å². The zero-order valence-electron chi connectivity index (χ0n) is 14.2. The molecule has 1 amide bonds. The third-order valence-corrected chi connectivity index (χ3v) is 4.45. The lowest BCUT2D eigenvalue weighted by Crippen LogP contribution is -2.37. The van der Waals surface area contributed by atoms with Crippen molar-refractivity contribution in [2.24, 2.45) is 5.92 Å². The Labute approximate surface area is 141 Å². The van der Waals surface area contributed by atoms with Crippen LogP contribution in [0.15, 0.2) is 24.3 Å². The summed E-state index contributed by atoms with van der Waals surface area (Å²) in [6, 6.07) is 7.27. The van der Waals surface area contributed by atoms with Gasteiger partial charge in [0.25, 0.3) is 5.91 Å². The number of tetrazole rings is 1. The maximum absolute atomic E-state index is 12.5. The molecule has 2 aromatic rings. The minimum atomic E-state index is 0.100. The minimum Gasteiger partial charge on any atom is -0.486 e. The molecular formula is C17H23N5O2.